The van der Waals surface area contributed by atoms with Crippen molar-refractivity contribution in [1.82, 2.24) is 14.4 Å². The van der Waals surface area contributed by atoms with Gasteiger partial charge in [0, 0.05) is 28.6 Å². The third kappa shape index (κ3) is 3.72. The Labute approximate surface area is 186 Å². The normalized spacial score (nSPS) is 11.0. The second-order valence-corrected chi connectivity index (χ2v) is 7.89. The van der Waals surface area contributed by atoms with E-state index in [-0.39, 0.29) is 12.2 Å². The third-order valence-electron chi connectivity index (χ3n) is 5.03. The van der Waals surface area contributed by atoms with E-state index in [4.69, 9.17) is 14.5 Å². The first kappa shape index (κ1) is 19.9. The van der Waals surface area contributed by atoms with Gasteiger partial charge in [0.2, 0.25) is 0 Å². The second kappa shape index (κ2) is 8.24. The summed E-state index contributed by atoms with van der Waals surface area (Å²) in [5.41, 5.74) is 2.77. The largest absolute Gasteiger partial charge is 0.497 e. The molecule has 0 aliphatic heterocycles. The van der Waals surface area contributed by atoms with Crippen LogP contribution in [-0.4, -0.2) is 27.4 Å². The minimum absolute atomic E-state index is 0.100. The molecule has 3 heterocycles. The predicted molar refractivity (Wildman–Crippen MR) is 122 cm³/mol. The molecule has 0 fully saturated rings. The van der Waals surface area contributed by atoms with Gasteiger partial charge < -0.3 is 9.47 Å². The Bertz CT molecular complexity index is 1510. The number of carbonyl (C=O) groups is 1. The van der Waals surface area contributed by atoms with E-state index in [0.717, 1.165) is 11.3 Å². The molecule has 0 spiro atoms. The predicted octanol–water partition coefficient (Wildman–Crippen LogP) is 4.34. The molecule has 0 aliphatic rings. The van der Waals surface area contributed by atoms with Gasteiger partial charge in [-0.2, -0.15) is 0 Å². The van der Waals surface area contributed by atoms with Gasteiger partial charge in [-0.3, -0.25) is 9.20 Å². The fourth-order valence-electron chi connectivity index (χ4n) is 3.43. The lowest BCUT2D eigenvalue weighted by atomic mass is 10.0. The van der Waals surface area contributed by atoms with Crippen LogP contribution >= 0.6 is 11.3 Å². The van der Waals surface area contributed by atoms with E-state index in [9.17, 15) is 9.59 Å². The summed E-state index contributed by atoms with van der Waals surface area (Å²) in [6.45, 7) is -0.100. The molecular formula is C24H17N3O4S. The molecule has 0 radical (unpaired) electrons. The molecule has 5 rings (SSSR count). The van der Waals surface area contributed by atoms with Gasteiger partial charge in [-0.05, 0) is 36.4 Å². The first-order valence-electron chi connectivity index (χ1n) is 9.79. The van der Waals surface area contributed by atoms with Crippen LogP contribution in [0.25, 0.3) is 27.1 Å². The van der Waals surface area contributed by atoms with E-state index < -0.39 is 5.97 Å². The number of thiazole rings is 1. The summed E-state index contributed by atoms with van der Waals surface area (Å²) in [7, 11) is 1.61. The Morgan fingerprint density at radius 3 is 2.69 bits per heavy atom. The van der Waals surface area contributed by atoms with Gasteiger partial charge in [0.05, 0.1) is 29.6 Å². The van der Waals surface area contributed by atoms with Crippen molar-refractivity contribution in [2.24, 2.45) is 0 Å². The molecule has 0 unspecified atom stereocenters. The van der Waals surface area contributed by atoms with Crippen LogP contribution in [0.5, 0.6) is 5.75 Å². The fourth-order valence-corrected chi connectivity index (χ4v) is 4.17. The van der Waals surface area contributed by atoms with Crippen LogP contribution in [-0.2, 0) is 11.3 Å². The van der Waals surface area contributed by atoms with Crippen molar-refractivity contribution in [3.05, 3.63) is 93.9 Å². The van der Waals surface area contributed by atoms with Gasteiger partial charge in [-0.15, -0.1) is 11.3 Å². The number of nitrogens with zero attached hydrogens (tertiary/aromatic N) is 3. The molecule has 8 heteroatoms. The molecule has 32 heavy (non-hydrogen) atoms. The molecular weight excluding hydrogens is 426 g/mol. The number of hydrogen-bond donors (Lipinski definition) is 0. The Kier molecular flexibility index (Phi) is 5.12. The van der Waals surface area contributed by atoms with Crippen LogP contribution < -0.4 is 10.3 Å². The number of hydrogen-bond acceptors (Lipinski definition) is 7. The molecule has 158 valence electrons. The van der Waals surface area contributed by atoms with Crippen molar-refractivity contribution in [3.63, 3.8) is 0 Å². The van der Waals surface area contributed by atoms with Crippen molar-refractivity contribution < 1.29 is 14.3 Å². The van der Waals surface area contributed by atoms with Gasteiger partial charge in [0.1, 0.15) is 12.4 Å². The van der Waals surface area contributed by atoms with E-state index in [1.54, 1.807) is 24.8 Å². The van der Waals surface area contributed by atoms with Gasteiger partial charge in [-0.1, -0.05) is 18.2 Å². The molecule has 0 amide bonds. The highest BCUT2D eigenvalue weighted by atomic mass is 32.1. The first-order valence-corrected chi connectivity index (χ1v) is 10.7. The van der Waals surface area contributed by atoms with Crippen molar-refractivity contribution in [3.8, 4) is 17.0 Å². The number of esters is 1. The molecule has 7 nitrogen and oxygen atoms in total. The van der Waals surface area contributed by atoms with Crippen LogP contribution in [0, 0.1) is 0 Å². The van der Waals surface area contributed by atoms with E-state index in [0.29, 0.717) is 32.8 Å². The number of carbonyl (C=O) groups excluding carboxylic acids is 1. The standard InChI is InChI=1S/C24H17N3O4S/c1-30-17-8-6-15(7-9-17)21-13-19(18-4-2-3-5-20(18)26-21)23(29)31-14-16-12-22(28)27-10-11-32-24(27)25-16/h2-13H,14H2,1H3. The van der Waals surface area contributed by atoms with Gasteiger partial charge in [0.25, 0.3) is 5.56 Å². The average Bonchev–Trinajstić information content (AvgIpc) is 3.31. The Balaban J connectivity index is 1.48. The zero-order valence-corrected chi connectivity index (χ0v) is 17.8. The van der Waals surface area contributed by atoms with Crippen LogP contribution in [0.4, 0.5) is 0 Å². The molecule has 0 N–H and O–H groups in total. The number of ether oxygens (including phenoxy) is 2. The Morgan fingerprint density at radius 2 is 1.88 bits per heavy atom. The van der Waals surface area contributed by atoms with E-state index in [2.05, 4.69) is 4.98 Å². The number of para-hydroxylation sites is 1. The lowest BCUT2D eigenvalue weighted by Gasteiger charge is -2.10. The molecule has 0 saturated carbocycles. The number of methoxy groups -OCH3 is 1. The minimum Gasteiger partial charge on any atom is -0.497 e. The van der Waals surface area contributed by atoms with E-state index in [1.165, 1.54) is 21.8 Å². The summed E-state index contributed by atoms with van der Waals surface area (Å²) in [5.74, 6) is 0.229. The minimum atomic E-state index is -0.508. The zero-order valence-electron chi connectivity index (χ0n) is 17.0. The topological polar surface area (TPSA) is 82.8 Å². The monoisotopic (exact) mass is 443 g/mol. The number of aromatic nitrogens is 3. The van der Waals surface area contributed by atoms with Crippen LogP contribution in [0.3, 0.4) is 0 Å². The number of fused-ring (bicyclic) bond motifs is 2. The lowest BCUT2D eigenvalue weighted by Crippen LogP contribution is -2.15. The maximum Gasteiger partial charge on any atom is 0.339 e. The maximum absolute atomic E-state index is 13.0. The summed E-state index contributed by atoms with van der Waals surface area (Å²) < 4.78 is 12.2. The smallest absolute Gasteiger partial charge is 0.339 e. The van der Waals surface area contributed by atoms with E-state index in [1.807, 2.05) is 48.5 Å². The molecule has 5 aromatic rings. The molecule has 0 aliphatic carbocycles. The summed E-state index contributed by atoms with van der Waals surface area (Å²) in [5, 5.41) is 2.47. The highest BCUT2D eigenvalue weighted by molar-refractivity contribution is 7.15. The Hall–Kier alpha value is -4.04. The summed E-state index contributed by atoms with van der Waals surface area (Å²) >= 11 is 1.34. The zero-order chi connectivity index (χ0) is 22.1. The molecule has 2 aromatic carbocycles. The SMILES string of the molecule is COc1ccc(-c2cc(C(=O)OCc3cc(=O)n4ccsc4n3)c3ccccc3n2)cc1. The quantitative estimate of drug-likeness (QED) is 0.376. The number of pyridine rings is 1. The molecule has 3 aromatic heterocycles. The summed E-state index contributed by atoms with van der Waals surface area (Å²) in [4.78, 5) is 34.8. The molecule has 0 saturated heterocycles. The van der Waals surface area contributed by atoms with Gasteiger partial charge >= 0.3 is 5.97 Å². The summed E-state index contributed by atoms with van der Waals surface area (Å²) in [6, 6.07) is 18.0. The van der Waals surface area contributed by atoms with Crippen molar-refractivity contribution in [2.45, 2.75) is 6.61 Å². The molecule has 0 atom stereocenters. The van der Waals surface area contributed by atoms with Crippen LogP contribution in [0.2, 0.25) is 0 Å². The number of benzene rings is 2. The van der Waals surface area contributed by atoms with Crippen molar-refractivity contribution in [2.75, 3.05) is 7.11 Å². The van der Waals surface area contributed by atoms with Crippen molar-refractivity contribution in [1.29, 1.82) is 0 Å². The summed E-state index contributed by atoms with van der Waals surface area (Å²) in [6.07, 6.45) is 1.66. The lowest BCUT2D eigenvalue weighted by molar-refractivity contribution is 0.0470. The average molecular weight is 443 g/mol. The fraction of sp³-hybridized carbons (Fsp3) is 0.0833. The van der Waals surface area contributed by atoms with Crippen LogP contribution in [0.1, 0.15) is 16.1 Å². The Morgan fingerprint density at radius 1 is 1.06 bits per heavy atom. The number of rotatable bonds is 5. The van der Waals surface area contributed by atoms with Gasteiger partial charge in [0.15, 0.2) is 4.96 Å². The van der Waals surface area contributed by atoms with Crippen molar-refractivity contribution >= 4 is 33.2 Å². The van der Waals surface area contributed by atoms with E-state index >= 15 is 0 Å². The highest BCUT2D eigenvalue weighted by Gasteiger charge is 2.16. The van der Waals surface area contributed by atoms with Gasteiger partial charge in [-0.25, -0.2) is 14.8 Å². The third-order valence-corrected chi connectivity index (χ3v) is 5.79. The molecule has 0 bridgehead atoms. The van der Waals surface area contributed by atoms with Crippen LogP contribution in [0.15, 0.2) is 77.0 Å². The second-order valence-electron chi connectivity index (χ2n) is 7.02. The first-order chi connectivity index (χ1) is 15.6. The highest BCUT2D eigenvalue weighted by Crippen LogP contribution is 2.27. The maximum atomic E-state index is 13.0.